The molecule has 1 saturated heterocycles. The Kier molecular flexibility index (Phi) is 10.3. The van der Waals surface area contributed by atoms with Crippen LogP contribution in [0.25, 0.3) is 0 Å². The lowest BCUT2D eigenvalue weighted by Gasteiger charge is -2.35. The molecule has 26 heavy (non-hydrogen) atoms. The van der Waals surface area contributed by atoms with Gasteiger partial charge in [0.15, 0.2) is 5.96 Å². The quantitative estimate of drug-likeness (QED) is 0.402. The molecule has 0 unspecified atom stereocenters. The second kappa shape index (κ2) is 11.9. The number of amides is 1. The SMILES string of the molecule is CCOC(=O)N1CCN(C(=NC)NCc2ccc(COC)cc2)CC1.I. The summed E-state index contributed by atoms with van der Waals surface area (Å²) >= 11 is 0. The summed E-state index contributed by atoms with van der Waals surface area (Å²) in [5.74, 6) is 0.851. The first kappa shape index (κ1) is 22.5. The summed E-state index contributed by atoms with van der Waals surface area (Å²) < 4.78 is 10.2. The highest BCUT2D eigenvalue weighted by Crippen LogP contribution is 2.07. The van der Waals surface area contributed by atoms with Gasteiger partial charge in [0.2, 0.25) is 0 Å². The van der Waals surface area contributed by atoms with Gasteiger partial charge in [0.25, 0.3) is 0 Å². The van der Waals surface area contributed by atoms with Crippen molar-refractivity contribution in [3.63, 3.8) is 0 Å². The minimum Gasteiger partial charge on any atom is -0.450 e. The molecule has 1 heterocycles. The van der Waals surface area contributed by atoms with Gasteiger partial charge in [-0.25, -0.2) is 4.79 Å². The van der Waals surface area contributed by atoms with E-state index in [0.717, 1.165) is 24.6 Å². The molecule has 0 radical (unpaired) electrons. The molecule has 7 nitrogen and oxygen atoms in total. The molecular weight excluding hydrogens is 447 g/mol. The fraction of sp³-hybridized carbons (Fsp3) is 0.556. The van der Waals surface area contributed by atoms with Crippen LogP contribution in [0.15, 0.2) is 29.3 Å². The van der Waals surface area contributed by atoms with Crippen molar-refractivity contribution in [3.8, 4) is 0 Å². The highest BCUT2D eigenvalue weighted by molar-refractivity contribution is 14.0. The maximum atomic E-state index is 11.8. The number of methoxy groups -OCH3 is 1. The highest BCUT2D eigenvalue weighted by Gasteiger charge is 2.23. The number of piperazine rings is 1. The van der Waals surface area contributed by atoms with Gasteiger partial charge in [-0.2, -0.15) is 0 Å². The smallest absolute Gasteiger partial charge is 0.409 e. The average Bonchev–Trinajstić information content (AvgIpc) is 2.64. The van der Waals surface area contributed by atoms with Crippen LogP contribution in [0.5, 0.6) is 0 Å². The molecule has 0 saturated carbocycles. The number of carbonyl (C=O) groups excluding carboxylic acids is 1. The number of rotatable bonds is 5. The van der Waals surface area contributed by atoms with Gasteiger partial charge in [-0.1, -0.05) is 24.3 Å². The molecule has 1 aromatic carbocycles. The molecule has 1 amide bonds. The number of halogens is 1. The van der Waals surface area contributed by atoms with Crippen LogP contribution in [0.2, 0.25) is 0 Å². The number of carbonyl (C=O) groups is 1. The molecule has 0 spiro atoms. The Hall–Kier alpha value is -1.55. The third-order valence-corrected chi connectivity index (χ3v) is 4.10. The Labute approximate surface area is 172 Å². The van der Waals surface area contributed by atoms with Gasteiger partial charge in [-0.15, -0.1) is 24.0 Å². The van der Waals surface area contributed by atoms with Gasteiger partial charge in [0.1, 0.15) is 0 Å². The molecule has 1 aliphatic heterocycles. The fourth-order valence-electron chi connectivity index (χ4n) is 2.75. The molecule has 0 aromatic heterocycles. The number of nitrogens with one attached hydrogen (secondary N) is 1. The maximum absolute atomic E-state index is 11.8. The van der Waals surface area contributed by atoms with E-state index < -0.39 is 0 Å². The fourth-order valence-corrected chi connectivity index (χ4v) is 2.75. The summed E-state index contributed by atoms with van der Waals surface area (Å²) in [6.07, 6.45) is -0.235. The number of benzene rings is 1. The van der Waals surface area contributed by atoms with Gasteiger partial charge in [-0.05, 0) is 18.1 Å². The molecule has 0 atom stereocenters. The van der Waals surface area contributed by atoms with Crippen LogP contribution >= 0.6 is 24.0 Å². The van der Waals surface area contributed by atoms with E-state index in [1.807, 2.05) is 6.92 Å². The number of ether oxygens (including phenoxy) is 2. The van der Waals surface area contributed by atoms with E-state index >= 15 is 0 Å². The molecule has 1 fully saturated rings. The lowest BCUT2D eigenvalue weighted by atomic mass is 10.1. The largest absolute Gasteiger partial charge is 0.450 e. The molecule has 1 N–H and O–H groups in total. The van der Waals surface area contributed by atoms with Crippen LogP contribution in [-0.4, -0.2) is 68.8 Å². The summed E-state index contributed by atoms with van der Waals surface area (Å²) in [6.45, 7) is 6.33. The molecule has 0 aliphatic carbocycles. The zero-order valence-corrected chi connectivity index (χ0v) is 18.1. The molecule has 0 bridgehead atoms. The summed E-state index contributed by atoms with van der Waals surface area (Å²) in [5, 5.41) is 3.39. The summed E-state index contributed by atoms with van der Waals surface area (Å²) in [5.41, 5.74) is 2.34. The number of nitrogens with zero attached hydrogens (tertiary/aromatic N) is 3. The Morgan fingerprint density at radius 2 is 1.69 bits per heavy atom. The van der Waals surface area contributed by atoms with E-state index in [1.54, 1.807) is 19.1 Å². The third-order valence-electron chi connectivity index (χ3n) is 4.10. The first-order chi connectivity index (χ1) is 12.2. The van der Waals surface area contributed by atoms with Gasteiger partial charge in [0, 0.05) is 46.9 Å². The van der Waals surface area contributed by atoms with Gasteiger partial charge < -0.3 is 24.6 Å². The van der Waals surface area contributed by atoms with Crippen molar-refractivity contribution in [1.29, 1.82) is 0 Å². The maximum Gasteiger partial charge on any atom is 0.409 e. The topological polar surface area (TPSA) is 66.4 Å². The van der Waals surface area contributed by atoms with Crippen LogP contribution in [-0.2, 0) is 22.6 Å². The van der Waals surface area contributed by atoms with Crippen molar-refractivity contribution in [2.75, 3.05) is 46.9 Å². The molecule has 1 aromatic rings. The Bertz CT molecular complexity index is 572. The van der Waals surface area contributed by atoms with E-state index in [-0.39, 0.29) is 30.1 Å². The summed E-state index contributed by atoms with van der Waals surface area (Å²) in [7, 11) is 3.48. The third kappa shape index (κ3) is 6.64. The van der Waals surface area contributed by atoms with Crippen molar-refractivity contribution < 1.29 is 14.3 Å². The van der Waals surface area contributed by atoms with E-state index in [9.17, 15) is 4.79 Å². The average molecular weight is 476 g/mol. The Morgan fingerprint density at radius 1 is 1.12 bits per heavy atom. The van der Waals surface area contributed by atoms with Gasteiger partial charge in [0.05, 0.1) is 13.2 Å². The normalized spacial score (nSPS) is 14.7. The zero-order chi connectivity index (χ0) is 18.1. The van der Waals surface area contributed by atoms with Crippen LogP contribution < -0.4 is 5.32 Å². The predicted octanol–water partition coefficient (Wildman–Crippen LogP) is 2.30. The Morgan fingerprint density at radius 3 is 2.23 bits per heavy atom. The monoisotopic (exact) mass is 476 g/mol. The molecule has 1 aliphatic rings. The van der Waals surface area contributed by atoms with E-state index in [0.29, 0.717) is 32.8 Å². The first-order valence-corrected chi connectivity index (χ1v) is 8.62. The van der Waals surface area contributed by atoms with Crippen molar-refractivity contribution in [2.45, 2.75) is 20.1 Å². The van der Waals surface area contributed by atoms with Crippen LogP contribution in [0.1, 0.15) is 18.1 Å². The second-order valence-corrected chi connectivity index (χ2v) is 5.82. The van der Waals surface area contributed by atoms with E-state index in [2.05, 4.69) is 39.5 Å². The van der Waals surface area contributed by atoms with Gasteiger partial charge >= 0.3 is 6.09 Å². The van der Waals surface area contributed by atoms with Crippen molar-refractivity contribution in [2.24, 2.45) is 4.99 Å². The lowest BCUT2D eigenvalue weighted by Crippen LogP contribution is -2.53. The van der Waals surface area contributed by atoms with Crippen LogP contribution in [0.3, 0.4) is 0 Å². The number of hydrogen-bond acceptors (Lipinski definition) is 4. The standard InChI is InChI=1S/C18H28N4O3.HI/c1-4-25-18(23)22-11-9-21(10-12-22)17(19-2)20-13-15-5-7-16(8-6-15)14-24-3;/h5-8H,4,9-14H2,1-3H3,(H,19,20);1H. The molecular formula is C18H29IN4O3. The number of aliphatic imine (C=N–C) groups is 1. The van der Waals surface area contributed by atoms with Crippen molar-refractivity contribution in [3.05, 3.63) is 35.4 Å². The zero-order valence-electron chi connectivity index (χ0n) is 15.7. The van der Waals surface area contributed by atoms with E-state index in [4.69, 9.17) is 9.47 Å². The van der Waals surface area contributed by atoms with Crippen molar-refractivity contribution >= 4 is 36.0 Å². The molecule has 146 valence electrons. The minimum absolute atomic E-state index is 0. The van der Waals surface area contributed by atoms with Crippen molar-refractivity contribution in [1.82, 2.24) is 15.1 Å². The summed E-state index contributed by atoms with van der Waals surface area (Å²) in [4.78, 5) is 20.0. The van der Waals surface area contributed by atoms with Gasteiger partial charge in [-0.3, -0.25) is 4.99 Å². The predicted molar refractivity (Wildman–Crippen MR) is 113 cm³/mol. The van der Waals surface area contributed by atoms with Crippen LogP contribution in [0, 0.1) is 0 Å². The lowest BCUT2D eigenvalue weighted by molar-refractivity contribution is 0.0914. The summed E-state index contributed by atoms with van der Waals surface area (Å²) in [6, 6.07) is 8.32. The second-order valence-electron chi connectivity index (χ2n) is 5.82. The number of guanidine groups is 1. The molecule has 2 rings (SSSR count). The molecule has 8 heteroatoms. The number of hydrogen-bond donors (Lipinski definition) is 1. The minimum atomic E-state index is -0.235. The van der Waals surface area contributed by atoms with E-state index in [1.165, 1.54) is 5.56 Å². The first-order valence-electron chi connectivity index (χ1n) is 8.62. The van der Waals surface area contributed by atoms with Crippen LogP contribution in [0.4, 0.5) is 4.79 Å². The Balaban J connectivity index is 0.00000338. The highest BCUT2D eigenvalue weighted by atomic mass is 127.